The first-order valence-electron chi connectivity index (χ1n) is 8.71. The van der Waals surface area contributed by atoms with Crippen molar-refractivity contribution in [2.24, 2.45) is 5.92 Å². The maximum Gasteiger partial charge on any atom is 0.416 e. The second kappa shape index (κ2) is 7.90. The third-order valence-electron chi connectivity index (χ3n) is 4.81. The van der Waals surface area contributed by atoms with Crippen molar-refractivity contribution in [3.63, 3.8) is 0 Å². The molecule has 2 atom stereocenters. The van der Waals surface area contributed by atoms with Gasteiger partial charge in [-0.2, -0.15) is 13.2 Å². The Morgan fingerprint density at radius 1 is 1.36 bits per heavy atom. The molecule has 1 saturated heterocycles. The highest BCUT2D eigenvalue weighted by atomic mass is 32.3. The Bertz CT molecular complexity index is 850. The summed E-state index contributed by atoms with van der Waals surface area (Å²) in [4.78, 5) is 10.0. The number of rotatable bonds is 5. The fourth-order valence-corrected chi connectivity index (χ4v) is 3.97. The van der Waals surface area contributed by atoms with Crippen molar-refractivity contribution in [2.45, 2.75) is 19.0 Å². The number of phenols is 1. The number of hydrogen-bond donors (Lipinski definition) is 3. The van der Waals surface area contributed by atoms with E-state index < -0.39 is 28.3 Å². The molecule has 0 saturated carbocycles. The van der Waals surface area contributed by atoms with E-state index in [-0.39, 0.29) is 16.8 Å². The molecule has 28 heavy (non-hydrogen) atoms. The van der Waals surface area contributed by atoms with Crippen LogP contribution in [0.5, 0.6) is 5.75 Å². The van der Waals surface area contributed by atoms with Gasteiger partial charge in [-0.1, -0.05) is 0 Å². The maximum absolute atomic E-state index is 13.2. The lowest BCUT2D eigenvalue weighted by Gasteiger charge is -2.38. The Labute approximate surface area is 162 Å². The number of benzene rings is 1. The van der Waals surface area contributed by atoms with Crippen LogP contribution in [-0.2, 0) is 10.4 Å². The average Bonchev–Trinajstić information content (AvgIpc) is 2.65. The highest BCUT2D eigenvalue weighted by Crippen LogP contribution is 2.39. The van der Waals surface area contributed by atoms with E-state index in [2.05, 4.69) is 14.7 Å². The zero-order valence-corrected chi connectivity index (χ0v) is 16.3. The molecule has 0 spiro atoms. The number of halogens is 3. The summed E-state index contributed by atoms with van der Waals surface area (Å²) < 4.78 is 57.5. The van der Waals surface area contributed by atoms with Gasteiger partial charge in [0.05, 0.1) is 12.7 Å². The number of phenolic OH excluding ortho intramolecular Hbond substituents is 1. The maximum atomic E-state index is 13.2. The number of piperidine rings is 1. The molecule has 7 nitrogen and oxygen atoms in total. The van der Waals surface area contributed by atoms with E-state index >= 15 is 0 Å². The molecule has 0 bridgehead atoms. The molecule has 1 fully saturated rings. The number of hydrogen-bond acceptors (Lipinski definition) is 7. The Morgan fingerprint density at radius 2 is 2.11 bits per heavy atom. The van der Waals surface area contributed by atoms with E-state index in [0.717, 1.165) is 18.9 Å². The van der Waals surface area contributed by atoms with Crippen LogP contribution in [0.3, 0.4) is 0 Å². The fraction of sp³-hybridized carbons (Fsp3) is 0.529. The molecule has 0 radical (unpaired) electrons. The molecule has 1 aromatic carbocycles. The number of fused-ring (bicyclic) bond motifs is 1. The van der Waals surface area contributed by atoms with Crippen molar-refractivity contribution < 1.29 is 27.0 Å². The Kier molecular flexibility index (Phi) is 5.89. The monoisotopic (exact) mass is 420 g/mol. The highest BCUT2D eigenvalue weighted by molar-refractivity contribution is 8.22. The molecule has 2 aromatic rings. The SMILES string of the molecule is COS(C)(O)NCC1CCCN(c2ncnc3c(O)cc(C(F)(F)F)cc23)C1. The second-order valence-corrected chi connectivity index (χ2v) is 9.09. The molecule has 11 heteroatoms. The van der Waals surface area contributed by atoms with Gasteiger partial charge in [-0.05, 0) is 30.9 Å². The van der Waals surface area contributed by atoms with Crippen molar-refractivity contribution in [3.8, 4) is 5.75 Å². The van der Waals surface area contributed by atoms with E-state index in [1.807, 2.05) is 4.90 Å². The molecule has 2 unspecified atom stereocenters. The lowest BCUT2D eigenvalue weighted by Crippen LogP contribution is -2.40. The van der Waals surface area contributed by atoms with Crippen molar-refractivity contribution >= 4 is 27.5 Å². The average molecular weight is 420 g/mol. The molecule has 0 aliphatic carbocycles. The number of aromatic nitrogens is 2. The van der Waals surface area contributed by atoms with Crippen LogP contribution in [0.2, 0.25) is 0 Å². The summed E-state index contributed by atoms with van der Waals surface area (Å²) in [5.74, 6) is -0.00215. The first-order chi connectivity index (χ1) is 13.1. The number of alkyl halides is 3. The summed E-state index contributed by atoms with van der Waals surface area (Å²) in [5, 5.41) is 10.2. The lowest BCUT2D eigenvalue weighted by atomic mass is 9.98. The Balaban J connectivity index is 1.89. The van der Waals surface area contributed by atoms with E-state index in [4.69, 9.17) is 4.18 Å². The van der Waals surface area contributed by atoms with E-state index in [1.54, 1.807) is 6.26 Å². The van der Waals surface area contributed by atoms with E-state index in [0.29, 0.717) is 31.5 Å². The second-order valence-electron chi connectivity index (χ2n) is 6.86. The van der Waals surface area contributed by atoms with Crippen LogP contribution in [0.15, 0.2) is 18.5 Å². The van der Waals surface area contributed by atoms with E-state index in [1.165, 1.54) is 13.4 Å². The molecule has 1 aromatic heterocycles. The lowest BCUT2D eigenvalue weighted by molar-refractivity contribution is -0.137. The summed E-state index contributed by atoms with van der Waals surface area (Å²) in [6.45, 7) is 1.69. The molecule has 156 valence electrons. The number of nitrogens with one attached hydrogen (secondary N) is 1. The van der Waals surface area contributed by atoms with Crippen molar-refractivity contribution in [3.05, 3.63) is 24.0 Å². The zero-order valence-electron chi connectivity index (χ0n) is 15.5. The van der Waals surface area contributed by atoms with Gasteiger partial charge in [0.2, 0.25) is 0 Å². The quantitative estimate of drug-likeness (QED) is 0.682. The molecule has 1 aliphatic rings. The van der Waals surface area contributed by atoms with Crippen LogP contribution < -0.4 is 9.62 Å². The first-order valence-corrected chi connectivity index (χ1v) is 10.6. The van der Waals surface area contributed by atoms with E-state index in [9.17, 15) is 22.8 Å². The van der Waals surface area contributed by atoms with Gasteiger partial charge in [-0.3, -0.25) is 8.74 Å². The molecule has 3 N–H and O–H groups in total. The zero-order chi connectivity index (χ0) is 20.5. The van der Waals surface area contributed by atoms with Gasteiger partial charge in [-0.15, -0.1) is 10.8 Å². The first kappa shape index (κ1) is 20.9. The molecule has 0 amide bonds. The van der Waals surface area contributed by atoms with Crippen LogP contribution in [0.25, 0.3) is 10.9 Å². The van der Waals surface area contributed by atoms with Crippen LogP contribution in [0.1, 0.15) is 18.4 Å². The van der Waals surface area contributed by atoms with Crippen molar-refractivity contribution in [1.82, 2.24) is 14.7 Å². The molecule has 3 rings (SSSR count). The largest absolute Gasteiger partial charge is 0.506 e. The van der Waals surface area contributed by atoms with Gasteiger partial charge in [0.15, 0.2) is 0 Å². The summed E-state index contributed by atoms with van der Waals surface area (Å²) >= 11 is 0. The van der Waals surface area contributed by atoms with Crippen LogP contribution in [0.4, 0.5) is 19.0 Å². The standard InChI is InChI=1S/C17H23F3N4O3S/c1-27-28(2,26)23-8-11-4-3-5-24(9-11)16-13-6-12(17(18,19)20)7-14(25)15(13)21-10-22-16/h6-7,10-11,23,25-26H,3-5,8-9H2,1-2H3. The molecule has 2 heterocycles. The van der Waals surface area contributed by atoms with Gasteiger partial charge >= 0.3 is 6.18 Å². The van der Waals surface area contributed by atoms with Crippen molar-refractivity contribution in [1.29, 1.82) is 0 Å². The van der Waals surface area contributed by atoms with Gasteiger partial charge in [-0.25, -0.2) is 14.7 Å². The Morgan fingerprint density at radius 3 is 2.79 bits per heavy atom. The summed E-state index contributed by atoms with van der Waals surface area (Å²) in [7, 11) is -0.892. The summed E-state index contributed by atoms with van der Waals surface area (Å²) in [6, 6.07) is 1.66. The predicted molar refractivity (Wildman–Crippen MR) is 102 cm³/mol. The smallest absolute Gasteiger partial charge is 0.416 e. The van der Waals surface area contributed by atoms with Crippen LogP contribution >= 0.6 is 10.8 Å². The highest BCUT2D eigenvalue weighted by Gasteiger charge is 2.33. The van der Waals surface area contributed by atoms with Gasteiger partial charge < -0.3 is 10.0 Å². The van der Waals surface area contributed by atoms with Gasteiger partial charge in [0.25, 0.3) is 0 Å². The number of aromatic hydroxyl groups is 1. The topological polar surface area (TPSA) is 90.7 Å². The predicted octanol–water partition coefficient (Wildman–Crippen LogP) is 3.54. The normalized spacial score (nSPS) is 21.5. The minimum Gasteiger partial charge on any atom is -0.506 e. The third kappa shape index (κ3) is 4.59. The number of anilines is 1. The number of nitrogens with zero attached hydrogens (tertiary/aromatic N) is 3. The summed E-state index contributed by atoms with van der Waals surface area (Å²) in [6.07, 6.45) is -0.0287. The Hall–Kier alpha value is -1.82. The minimum atomic E-state index is -4.58. The third-order valence-corrected chi connectivity index (χ3v) is 6.16. The molecule has 1 aliphatic heterocycles. The van der Waals surface area contributed by atoms with Gasteiger partial charge in [0.1, 0.15) is 23.4 Å². The van der Waals surface area contributed by atoms with Crippen LogP contribution in [0, 0.1) is 5.92 Å². The fourth-order valence-electron chi connectivity index (χ4n) is 3.31. The van der Waals surface area contributed by atoms with Gasteiger partial charge in [0, 0.05) is 31.3 Å². The van der Waals surface area contributed by atoms with Crippen molar-refractivity contribution in [2.75, 3.05) is 37.9 Å². The molecular weight excluding hydrogens is 397 g/mol. The molecular formula is C17H23F3N4O3S. The summed E-state index contributed by atoms with van der Waals surface area (Å²) in [5.41, 5.74) is -0.853. The minimum absolute atomic E-state index is 0.0880. The van der Waals surface area contributed by atoms with Crippen LogP contribution in [-0.4, -0.2) is 52.6 Å².